The Bertz CT molecular complexity index is 842. The third kappa shape index (κ3) is 3.65. The maximum Gasteiger partial charge on any atom is 0.246 e. The Morgan fingerprint density at radius 1 is 1.08 bits per heavy atom. The lowest BCUT2D eigenvalue weighted by atomic mass is 10.1. The third-order valence-corrected chi connectivity index (χ3v) is 4.17. The zero-order valence-electron chi connectivity index (χ0n) is 15.1. The van der Waals surface area contributed by atoms with E-state index in [2.05, 4.69) is 47.9 Å². The van der Waals surface area contributed by atoms with Gasteiger partial charge in [0.05, 0.1) is 19.2 Å². The average molecular weight is 337 g/mol. The summed E-state index contributed by atoms with van der Waals surface area (Å²) in [6.07, 6.45) is 0. The largest absolute Gasteiger partial charge is 0.496 e. The molecule has 3 aromatic rings. The van der Waals surface area contributed by atoms with Gasteiger partial charge in [0.2, 0.25) is 11.7 Å². The van der Waals surface area contributed by atoms with Gasteiger partial charge >= 0.3 is 0 Å². The van der Waals surface area contributed by atoms with E-state index in [9.17, 15) is 0 Å². The molecular weight excluding hydrogens is 314 g/mol. The van der Waals surface area contributed by atoms with Gasteiger partial charge in [0.15, 0.2) is 0 Å². The van der Waals surface area contributed by atoms with Gasteiger partial charge in [-0.15, -0.1) is 0 Å². The molecule has 0 aliphatic rings. The fourth-order valence-corrected chi connectivity index (χ4v) is 2.84. The van der Waals surface area contributed by atoms with Crippen LogP contribution in [-0.2, 0) is 6.54 Å². The van der Waals surface area contributed by atoms with Crippen LogP contribution in [0.5, 0.6) is 5.75 Å². The summed E-state index contributed by atoms with van der Waals surface area (Å²) in [5, 5.41) is 4.13. The van der Waals surface area contributed by atoms with Crippen LogP contribution < -0.4 is 9.64 Å². The molecule has 0 unspecified atom stereocenters. The van der Waals surface area contributed by atoms with Crippen molar-refractivity contribution in [3.05, 3.63) is 60.0 Å². The van der Waals surface area contributed by atoms with Gasteiger partial charge in [-0.1, -0.05) is 35.5 Å². The minimum absolute atomic E-state index is 0.308. The highest BCUT2D eigenvalue weighted by molar-refractivity contribution is 5.63. The van der Waals surface area contributed by atoms with Gasteiger partial charge < -0.3 is 14.2 Å². The molecule has 5 nitrogen and oxygen atoms in total. The van der Waals surface area contributed by atoms with E-state index in [4.69, 9.17) is 9.26 Å². The lowest BCUT2D eigenvalue weighted by Crippen LogP contribution is -2.30. The summed E-state index contributed by atoms with van der Waals surface area (Å²) in [7, 11) is 1.64. The van der Waals surface area contributed by atoms with Gasteiger partial charge in [-0.3, -0.25) is 0 Å². The van der Waals surface area contributed by atoms with Crippen molar-refractivity contribution >= 4 is 5.69 Å². The molecule has 0 saturated carbocycles. The van der Waals surface area contributed by atoms with Crippen LogP contribution in [0.4, 0.5) is 5.69 Å². The second-order valence-corrected chi connectivity index (χ2v) is 6.22. The monoisotopic (exact) mass is 337 g/mol. The van der Waals surface area contributed by atoms with Crippen molar-refractivity contribution in [3.63, 3.8) is 0 Å². The first-order valence-corrected chi connectivity index (χ1v) is 8.38. The zero-order chi connectivity index (χ0) is 17.8. The van der Waals surface area contributed by atoms with Crippen molar-refractivity contribution in [3.8, 4) is 17.1 Å². The van der Waals surface area contributed by atoms with Crippen LogP contribution in [0.2, 0.25) is 0 Å². The number of methoxy groups -OCH3 is 1. The predicted octanol–water partition coefficient (Wildman–Crippen LogP) is 4.47. The average Bonchev–Trinajstić information content (AvgIpc) is 3.08. The first-order valence-electron chi connectivity index (χ1n) is 8.38. The Kier molecular flexibility index (Phi) is 5.03. The quantitative estimate of drug-likeness (QED) is 0.664. The van der Waals surface area contributed by atoms with Gasteiger partial charge in [-0.05, 0) is 44.5 Å². The summed E-state index contributed by atoms with van der Waals surface area (Å²) in [4.78, 5) is 6.83. The number of rotatable bonds is 6. The number of para-hydroxylation sites is 2. The lowest BCUT2D eigenvalue weighted by molar-refractivity contribution is 0.373. The number of aryl methyl sites for hydroxylation is 1. The van der Waals surface area contributed by atoms with E-state index in [1.54, 1.807) is 7.11 Å². The van der Waals surface area contributed by atoms with Crippen LogP contribution in [-0.4, -0.2) is 23.3 Å². The summed E-state index contributed by atoms with van der Waals surface area (Å²) < 4.78 is 10.9. The molecule has 5 heteroatoms. The highest BCUT2D eigenvalue weighted by atomic mass is 16.5. The molecule has 0 spiro atoms. The molecular formula is C20H23N3O2. The van der Waals surface area contributed by atoms with Crippen LogP contribution >= 0.6 is 0 Å². The Hall–Kier alpha value is -2.82. The first kappa shape index (κ1) is 17.0. The van der Waals surface area contributed by atoms with E-state index >= 15 is 0 Å². The molecule has 0 fully saturated rings. The standard InChI is InChI=1S/C20H23N3O2/c1-14(2)23(17-11-7-5-9-15(17)3)13-19-21-20(22-25-19)16-10-6-8-12-18(16)24-4/h5-12,14H,13H2,1-4H3. The summed E-state index contributed by atoms with van der Waals surface area (Å²) in [6, 6.07) is 16.3. The number of anilines is 1. The highest BCUT2D eigenvalue weighted by Crippen LogP contribution is 2.28. The van der Waals surface area contributed by atoms with Crippen molar-refractivity contribution in [1.82, 2.24) is 10.1 Å². The normalized spacial score (nSPS) is 10.9. The lowest BCUT2D eigenvalue weighted by Gasteiger charge is -2.28. The van der Waals surface area contributed by atoms with Gasteiger partial charge in [0.25, 0.3) is 0 Å². The van der Waals surface area contributed by atoms with Crippen LogP contribution in [0.3, 0.4) is 0 Å². The van der Waals surface area contributed by atoms with Crippen LogP contribution in [0.15, 0.2) is 53.1 Å². The maximum atomic E-state index is 5.50. The van der Waals surface area contributed by atoms with Crippen LogP contribution in [0.25, 0.3) is 11.4 Å². The van der Waals surface area contributed by atoms with E-state index in [0.717, 1.165) is 11.3 Å². The molecule has 25 heavy (non-hydrogen) atoms. The highest BCUT2D eigenvalue weighted by Gasteiger charge is 2.18. The van der Waals surface area contributed by atoms with E-state index in [1.165, 1.54) is 11.3 Å². The molecule has 0 aliphatic heterocycles. The Morgan fingerprint density at radius 2 is 1.80 bits per heavy atom. The van der Waals surface area contributed by atoms with Crippen molar-refractivity contribution in [2.45, 2.75) is 33.4 Å². The summed E-state index contributed by atoms with van der Waals surface area (Å²) >= 11 is 0. The van der Waals surface area contributed by atoms with Gasteiger partial charge in [0.1, 0.15) is 5.75 Å². The molecule has 0 aliphatic carbocycles. The summed E-state index contributed by atoms with van der Waals surface area (Å²) in [5.74, 6) is 1.85. The number of ether oxygens (including phenoxy) is 1. The van der Waals surface area contributed by atoms with Crippen LogP contribution in [0.1, 0.15) is 25.3 Å². The molecule has 1 aromatic heterocycles. The zero-order valence-corrected chi connectivity index (χ0v) is 15.1. The van der Waals surface area contributed by atoms with E-state index in [1.807, 2.05) is 36.4 Å². The van der Waals surface area contributed by atoms with E-state index in [0.29, 0.717) is 24.3 Å². The fourth-order valence-electron chi connectivity index (χ4n) is 2.84. The van der Waals surface area contributed by atoms with Gasteiger partial charge in [-0.25, -0.2) is 0 Å². The van der Waals surface area contributed by atoms with Crippen molar-refractivity contribution in [1.29, 1.82) is 0 Å². The number of hydrogen-bond donors (Lipinski definition) is 0. The maximum absolute atomic E-state index is 5.50. The molecule has 0 radical (unpaired) electrons. The third-order valence-electron chi connectivity index (χ3n) is 4.17. The molecule has 0 bridgehead atoms. The number of hydrogen-bond acceptors (Lipinski definition) is 5. The smallest absolute Gasteiger partial charge is 0.246 e. The summed E-state index contributed by atoms with van der Waals surface area (Å²) in [6.45, 7) is 6.98. The minimum atomic E-state index is 0.308. The second kappa shape index (κ2) is 7.38. The minimum Gasteiger partial charge on any atom is -0.496 e. The van der Waals surface area contributed by atoms with Crippen molar-refractivity contribution < 1.29 is 9.26 Å². The van der Waals surface area contributed by atoms with Crippen LogP contribution in [0, 0.1) is 6.92 Å². The molecule has 2 aromatic carbocycles. The Balaban J connectivity index is 1.88. The van der Waals surface area contributed by atoms with Crippen molar-refractivity contribution in [2.24, 2.45) is 0 Å². The van der Waals surface area contributed by atoms with Crippen molar-refractivity contribution in [2.75, 3.05) is 12.0 Å². The Labute approximate surface area is 148 Å². The van der Waals surface area contributed by atoms with Gasteiger partial charge in [-0.2, -0.15) is 4.98 Å². The number of aromatic nitrogens is 2. The summed E-state index contributed by atoms with van der Waals surface area (Å²) in [5.41, 5.74) is 3.22. The molecule has 0 N–H and O–H groups in total. The van der Waals surface area contributed by atoms with E-state index in [-0.39, 0.29) is 0 Å². The first-order chi connectivity index (χ1) is 12.1. The SMILES string of the molecule is COc1ccccc1-c1noc(CN(c2ccccc2C)C(C)C)n1. The topological polar surface area (TPSA) is 51.4 Å². The predicted molar refractivity (Wildman–Crippen MR) is 98.8 cm³/mol. The fraction of sp³-hybridized carbons (Fsp3) is 0.300. The number of nitrogens with zero attached hydrogens (tertiary/aromatic N) is 3. The van der Waals surface area contributed by atoms with E-state index < -0.39 is 0 Å². The molecule has 0 atom stereocenters. The molecule has 130 valence electrons. The molecule has 3 rings (SSSR count). The second-order valence-electron chi connectivity index (χ2n) is 6.22. The number of benzene rings is 2. The molecule has 0 amide bonds. The molecule has 1 heterocycles. The van der Waals surface area contributed by atoms with Gasteiger partial charge in [0, 0.05) is 11.7 Å². The molecule has 0 saturated heterocycles. The Morgan fingerprint density at radius 3 is 2.52 bits per heavy atom.